The maximum absolute atomic E-state index is 13.3. The van der Waals surface area contributed by atoms with Crippen molar-refractivity contribution in [1.29, 1.82) is 0 Å². The van der Waals surface area contributed by atoms with Crippen LogP contribution in [0, 0.1) is 18.7 Å². The molecular weight excluding hydrogens is 237 g/mol. The Morgan fingerprint density at radius 3 is 2.16 bits per heavy atom. The number of rotatable bonds is 4. The molecule has 1 nitrogen and oxygen atoms in total. The third kappa shape index (κ3) is 11.9. The lowest BCUT2D eigenvalue weighted by molar-refractivity contribution is 0.534. The van der Waals surface area contributed by atoms with E-state index in [9.17, 15) is 4.39 Å². The van der Waals surface area contributed by atoms with Crippen molar-refractivity contribution < 1.29 is 4.39 Å². The van der Waals surface area contributed by atoms with Gasteiger partial charge in [0.2, 0.25) is 0 Å². The normalized spacial score (nSPS) is 9.32. The summed E-state index contributed by atoms with van der Waals surface area (Å²) in [5.41, 5.74) is 1.86. The molecule has 0 atom stereocenters. The molecule has 112 valence electrons. The molecule has 0 aromatic heterocycles. The van der Waals surface area contributed by atoms with Gasteiger partial charge in [0.05, 0.1) is 0 Å². The molecule has 2 heteroatoms. The van der Waals surface area contributed by atoms with Crippen molar-refractivity contribution in [3.05, 3.63) is 35.1 Å². The predicted octanol–water partition coefficient (Wildman–Crippen LogP) is 5.32. The lowest BCUT2D eigenvalue weighted by atomic mass is 10.1. The molecule has 0 fully saturated rings. The largest absolute Gasteiger partial charge is 0.312 e. The minimum atomic E-state index is -0.119. The Bertz CT molecular complexity index is 308. The van der Waals surface area contributed by atoms with Crippen molar-refractivity contribution in [2.24, 2.45) is 5.92 Å². The SMILES string of the molecule is CC.CCC.Cc1ccc(F)c(CNCC(C)C)c1. The van der Waals surface area contributed by atoms with Crippen molar-refractivity contribution in [2.75, 3.05) is 6.54 Å². The highest BCUT2D eigenvalue weighted by Gasteiger charge is 2.01. The molecule has 1 N–H and O–H groups in total. The molecule has 19 heavy (non-hydrogen) atoms. The van der Waals surface area contributed by atoms with E-state index < -0.39 is 0 Å². The summed E-state index contributed by atoms with van der Waals surface area (Å²) in [5, 5.41) is 3.23. The van der Waals surface area contributed by atoms with Gasteiger partial charge in [0.1, 0.15) is 5.82 Å². The van der Waals surface area contributed by atoms with E-state index in [1.807, 2.05) is 26.8 Å². The predicted molar refractivity (Wildman–Crippen MR) is 85.0 cm³/mol. The van der Waals surface area contributed by atoms with Gasteiger partial charge in [0.15, 0.2) is 0 Å². The highest BCUT2D eigenvalue weighted by molar-refractivity contribution is 5.23. The Labute approximate surface area is 119 Å². The molecule has 0 aliphatic heterocycles. The molecule has 1 aromatic carbocycles. The van der Waals surface area contributed by atoms with E-state index >= 15 is 0 Å². The van der Waals surface area contributed by atoms with Crippen LogP contribution in [0.25, 0.3) is 0 Å². The van der Waals surface area contributed by atoms with Crippen LogP contribution in [0.15, 0.2) is 18.2 Å². The number of aryl methyl sites for hydroxylation is 1. The quantitative estimate of drug-likeness (QED) is 0.779. The first kappa shape index (κ1) is 20.4. The van der Waals surface area contributed by atoms with Crippen molar-refractivity contribution in [3.8, 4) is 0 Å². The van der Waals surface area contributed by atoms with Gasteiger partial charge >= 0.3 is 0 Å². The zero-order valence-electron chi connectivity index (χ0n) is 13.8. The van der Waals surface area contributed by atoms with E-state index in [-0.39, 0.29) is 5.82 Å². The average Bonchev–Trinajstić information content (AvgIpc) is 2.37. The fourth-order valence-corrected chi connectivity index (χ4v) is 1.33. The Balaban J connectivity index is 0. The zero-order chi connectivity index (χ0) is 15.3. The van der Waals surface area contributed by atoms with Crippen molar-refractivity contribution in [3.63, 3.8) is 0 Å². The van der Waals surface area contributed by atoms with Gasteiger partial charge in [-0.2, -0.15) is 0 Å². The van der Waals surface area contributed by atoms with Crippen LogP contribution >= 0.6 is 0 Å². The van der Waals surface area contributed by atoms with Crippen molar-refractivity contribution in [2.45, 2.75) is 61.4 Å². The Hall–Kier alpha value is -0.890. The van der Waals surface area contributed by atoms with Crippen LogP contribution in [0.3, 0.4) is 0 Å². The highest BCUT2D eigenvalue weighted by Crippen LogP contribution is 2.09. The lowest BCUT2D eigenvalue weighted by Crippen LogP contribution is -2.19. The molecule has 1 aromatic rings. The number of hydrogen-bond acceptors (Lipinski definition) is 1. The molecule has 0 aliphatic rings. The maximum Gasteiger partial charge on any atom is 0.127 e. The summed E-state index contributed by atoms with van der Waals surface area (Å²) in [5.74, 6) is 0.481. The van der Waals surface area contributed by atoms with Gasteiger partial charge in [-0.25, -0.2) is 4.39 Å². The second-order valence-electron chi connectivity index (χ2n) is 4.83. The Morgan fingerprint density at radius 1 is 1.16 bits per heavy atom. The van der Waals surface area contributed by atoms with Crippen molar-refractivity contribution >= 4 is 0 Å². The maximum atomic E-state index is 13.3. The molecule has 0 amide bonds. The van der Waals surface area contributed by atoms with Gasteiger partial charge in [0.25, 0.3) is 0 Å². The molecule has 0 saturated carbocycles. The molecule has 1 rings (SSSR count). The summed E-state index contributed by atoms with van der Waals surface area (Å²) in [7, 11) is 0. The molecular formula is C17H32FN. The molecule has 0 heterocycles. The number of nitrogens with one attached hydrogen (secondary N) is 1. The fraction of sp³-hybridized carbons (Fsp3) is 0.647. The standard InChI is InChI=1S/C12H18FN.C3H8.C2H6/c1-9(2)7-14-8-11-6-10(3)4-5-12(11)13;1-3-2;1-2/h4-6,9,14H,7-8H2,1-3H3;3H2,1-2H3;1-2H3. The number of halogens is 1. The second kappa shape index (κ2) is 13.5. The molecule has 0 spiro atoms. The van der Waals surface area contributed by atoms with Gasteiger partial charge in [0, 0.05) is 12.1 Å². The van der Waals surface area contributed by atoms with Crippen LogP contribution in [0.1, 0.15) is 59.1 Å². The van der Waals surface area contributed by atoms with Gasteiger partial charge in [-0.1, -0.05) is 65.7 Å². The van der Waals surface area contributed by atoms with Crippen molar-refractivity contribution in [1.82, 2.24) is 5.32 Å². The minimum absolute atomic E-state index is 0.119. The van der Waals surface area contributed by atoms with Gasteiger partial charge < -0.3 is 5.32 Å². The van der Waals surface area contributed by atoms with Crippen LogP contribution in [0.2, 0.25) is 0 Å². The lowest BCUT2D eigenvalue weighted by Gasteiger charge is -2.08. The Kier molecular flexibility index (Phi) is 14.6. The van der Waals surface area contributed by atoms with Gasteiger partial charge in [-0.05, 0) is 25.5 Å². The number of benzene rings is 1. The van der Waals surface area contributed by atoms with E-state index in [1.165, 1.54) is 12.5 Å². The monoisotopic (exact) mass is 269 g/mol. The van der Waals surface area contributed by atoms with E-state index in [2.05, 4.69) is 33.0 Å². The first-order chi connectivity index (χ1) is 9.01. The first-order valence-electron chi connectivity index (χ1n) is 7.46. The average molecular weight is 269 g/mol. The van der Waals surface area contributed by atoms with E-state index in [1.54, 1.807) is 6.07 Å². The third-order valence-electron chi connectivity index (χ3n) is 2.07. The van der Waals surface area contributed by atoms with Gasteiger partial charge in [-0.3, -0.25) is 0 Å². The second-order valence-corrected chi connectivity index (χ2v) is 4.83. The van der Waals surface area contributed by atoms with E-state index in [0.29, 0.717) is 12.5 Å². The zero-order valence-corrected chi connectivity index (χ0v) is 13.8. The summed E-state index contributed by atoms with van der Waals surface area (Å²) in [6.45, 7) is 16.0. The van der Waals surface area contributed by atoms with Crippen LogP contribution < -0.4 is 5.32 Å². The smallest absolute Gasteiger partial charge is 0.127 e. The molecule has 0 unspecified atom stereocenters. The third-order valence-corrected chi connectivity index (χ3v) is 2.07. The topological polar surface area (TPSA) is 12.0 Å². The summed E-state index contributed by atoms with van der Waals surface area (Å²) in [6, 6.07) is 5.21. The van der Waals surface area contributed by atoms with Crippen LogP contribution in [0.5, 0.6) is 0 Å². The van der Waals surface area contributed by atoms with Crippen LogP contribution in [-0.2, 0) is 6.54 Å². The van der Waals surface area contributed by atoms with Crippen LogP contribution in [-0.4, -0.2) is 6.54 Å². The highest BCUT2D eigenvalue weighted by atomic mass is 19.1. The first-order valence-corrected chi connectivity index (χ1v) is 7.46. The minimum Gasteiger partial charge on any atom is -0.312 e. The summed E-state index contributed by atoms with van der Waals surface area (Å²) in [4.78, 5) is 0. The van der Waals surface area contributed by atoms with Gasteiger partial charge in [-0.15, -0.1) is 0 Å². The summed E-state index contributed by atoms with van der Waals surface area (Å²) >= 11 is 0. The van der Waals surface area contributed by atoms with Crippen LogP contribution in [0.4, 0.5) is 4.39 Å². The molecule has 0 bridgehead atoms. The fourth-order valence-electron chi connectivity index (χ4n) is 1.33. The number of hydrogen-bond donors (Lipinski definition) is 1. The molecule has 0 saturated heterocycles. The van der Waals surface area contributed by atoms with E-state index in [4.69, 9.17) is 0 Å². The van der Waals surface area contributed by atoms with E-state index in [0.717, 1.165) is 17.7 Å². The summed E-state index contributed by atoms with van der Waals surface area (Å²) in [6.07, 6.45) is 1.25. The molecule has 0 aliphatic carbocycles. The summed E-state index contributed by atoms with van der Waals surface area (Å²) < 4.78 is 13.3. The molecule has 0 radical (unpaired) electrons. The Morgan fingerprint density at radius 2 is 1.68 bits per heavy atom.